The van der Waals surface area contributed by atoms with Gasteiger partial charge in [-0.05, 0) is 60.5 Å². The van der Waals surface area contributed by atoms with E-state index in [1.807, 2.05) is 68.3 Å². The number of nitrogens with zero attached hydrogens (tertiary/aromatic N) is 4. The first kappa shape index (κ1) is 40.2. The van der Waals surface area contributed by atoms with Crippen LogP contribution >= 0.6 is 23.4 Å². The third-order valence-electron chi connectivity index (χ3n) is 11.3. The number of fused-ring (bicyclic) bond motifs is 1. The van der Waals surface area contributed by atoms with Gasteiger partial charge in [0.25, 0.3) is 0 Å². The molecule has 2 saturated heterocycles. The van der Waals surface area contributed by atoms with Crippen LogP contribution in [-0.4, -0.2) is 104 Å². The van der Waals surface area contributed by atoms with Crippen LogP contribution in [0.2, 0.25) is 5.15 Å². The molecule has 0 bridgehead atoms. The Kier molecular flexibility index (Phi) is 11.3. The monoisotopic (exact) mass is 816 g/mol. The van der Waals surface area contributed by atoms with Crippen LogP contribution in [0, 0.1) is 11.3 Å². The lowest BCUT2D eigenvalue weighted by molar-refractivity contribution is -0.138. The molecule has 4 heterocycles. The van der Waals surface area contributed by atoms with E-state index in [4.69, 9.17) is 21.3 Å². The number of hydrogen-bond acceptors (Lipinski definition) is 9. The molecule has 4 N–H and O–H groups in total. The SMILES string of the molecule is COC(=O)NC(C)C(=O)N1CC(SC)CC1c1ncc(-c2ccc(-c3ccc(-c4nc(C5CC6CC6N5C(=O)C(NC(=O)OC)C(C)(C)C)[nH]c4Cl)cc3)cc2)[nH]1. The maximum Gasteiger partial charge on any atom is 0.407 e. The molecule has 2 aromatic heterocycles. The Labute approximate surface area is 341 Å². The van der Waals surface area contributed by atoms with Crippen molar-refractivity contribution in [3.63, 3.8) is 0 Å². The standard InChI is InChI=1S/C41H49ClN8O6S/c1-21(44-39(53)55-5)37(51)49-20-27(57-7)18-30(49)35-43-19-28(45-35)24-12-8-22(9-13-24)23-10-14-25(15-11-23)32-34(42)48-36(46-32)31-17-26-16-29(26)50(31)38(52)33(41(2,3)4)47-40(54)56-6/h8-15,19,21,26-27,29-31,33H,16-18,20H2,1-7H3,(H,43,45)(H,44,53)(H,46,48)(H,47,54). The molecule has 7 unspecified atom stereocenters. The zero-order valence-corrected chi connectivity index (χ0v) is 34.7. The predicted octanol–water partition coefficient (Wildman–Crippen LogP) is 6.97. The van der Waals surface area contributed by atoms with Gasteiger partial charge in [-0.2, -0.15) is 11.8 Å². The highest BCUT2D eigenvalue weighted by molar-refractivity contribution is 7.99. The number of halogens is 1. The van der Waals surface area contributed by atoms with Gasteiger partial charge < -0.3 is 39.9 Å². The van der Waals surface area contributed by atoms with Crippen LogP contribution in [0.3, 0.4) is 0 Å². The molecule has 3 aliphatic rings. The van der Waals surface area contributed by atoms with E-state index in [-0.39, 0.29) is 35.2 Å². The third kappa shape index (κ3) is 8.22. The number of nitrogens with one attached hydrogen (secondary N) is 4. The van der Waals surface area contributed by atoms with Crippen LogP contribution in [0.1, 0.15) is 70.7 Å². The number of thioether (sulfide) groups is 1. The molecule has 57 heavy (non-hydrogen) atoms. The Balaban J connectivity index is 1.04. The number of ether oxygens (including phenoxy) is 2. The van der Waals surface area contributed by atoms with Gasteiger partial charge in [0.2, 0.25) is 11.8 Å². The van der Waals surface area contributed by atoms with E-state index in [2.05, 4.69) is 42.5 Å². The summed E-state index contributed by atoms with van der Waals surface area (Å²) in [6.45, 7) is 7.98. The maximum absolute atomic E-state index is 14.0. The van der Waals surface area contributed by atoms with Crippen molar-refractivity contribution in [3.8, 4) is 33.6 Å². The van der Waals surface area contributed by atoms with E-state index in [0.717, 1.165) is 47.2 Å². The van der Waals surface area contributed by atoms with E-state index in [9.17, 15) is 19.2 Å². The highest BCUT2D eigenvalue weighted by Crippen LogP contribution is 2.54. The second-order valence-corrected chi connectivity index (χ2v) is 17.6. The number of piperidine rings is 1. The highest BCUT2D eigenvalue weighted by atomic mass is 35.5. The van der Waals surface area contributed by atoms with Crippen molar-refractivity contribution in [3.05, 3.63) is 71.5 Å². The van der Waals surface area contributed by atoms with Crippen LogP contribution in [0.5, 0.6) is 0 Å². The zero-order valence-electron chi connectivity index (χ0n) is 33.1. The topological polar surface area (TPSA) is 175 Å². The van der Waals surface area contributed by atoms with Gasteiger partial charge >= 0.3 is 12.2 Å². The predicted molar refractivity (Wildman–Crippen MR) is 218 cm³/mol. The molecule has 2 aromatic carbocycles. The largest absolute Gasteiger partial charge is 0.453 e. The molecular formula is C41H49ClN8O6S. The summed E-state index contributed by atoms with van der Waals surface area (Å²) in [5.74, 6) is 1.38. The number of amides is 4. The van der Waals surface area contributed by atoms with E-state index >= 15 is 0 Å². The Morgan fingerprint density at radius 2 is 1.46 bits per heavy atom. The number of methoxy groups -OCH3 is 2. The summed E-state index contributed by atoms with van der Waals surface area (Å²) in [6.07, 6.45) is 4.99. The van der Waals surface area contributed by atoms with E-state index in [1.165, 1.54) is 14.2 Å². The van der Waals surface area contributed by atoms with Gasteiger partial charge in [-0.3, -0.25) is 9.59 Å². The van der Waals surface area contributed by atoms with Crippen molar-refractivity contribution in [1.82, 2.24) is 40.4 Å². The number of carbonyl (C=O) groups is 4. The fourth-order valence-corrected chi connectivity index (χ4v) is 8.98. The lowest BCUT2D eigenvalue weighted by atomic mass is 9.85. The quantitative estimate of drug-likeness (QED) is 0.132. The number of benzene rings is 2. The molecular weight excluding hydrogens is 768 g/mol. The Morgan fingerprint density at radius 3 is 2.07 bits per heavy atom. The van der Waals surface area contributed by atoms with Crippen LogP contribution < -0.4 is 10.6 Å². The number of aromatic nitrogens is 4. The van der Waals surface area contributed by atoms with Gasteiger partial charge in [0.05, 0.1) is 38.2 Å². The smallest absolute Gasteiger partial charge is 0.407 e. The summed E-state index contributed by atoms with van der Waals surface area (Å²) >= 11 is 8.47. The molecule has 0 spiro atoms. The van der Waals surface area contributed by atoms with Gasteiger partial charge in [0.15, 0.2) is 0 Å². The van der Waals surface area contributed by atoms with Crippen LogP contribution in [0.15, 0.2) is 54.7 Å². The van der Waals surface area contributed by atoms with Crippen molar-refractivity contribution in [1.29, 1.82) is 0 Å². The fourth-order valence-electron chi connectivity index (χ4n) is 8.04. The summed E-state index contributed by atoms with van der Waals surface area (Å²) in [6, 6.07) is 14.3. The van der Waals surface area contributed by atoms with E-state index in [1.54, 1.807) is 29.8 Å². The minimum atomic E-state index is -0.767. The van der Waals surface area contributed by atoms with Crippen molar-refractivity contribution >= 4 is 47.4 Å². The highest BCUT2D eigenvalue weighted by Gasteiger charge is 2.57. The minimum absolute atomic E-state index is 0.105. The lowest BCUT2D eigenvalue weighted by Crippen LogP contribution is -2.55. The fraction of sp³-hybridized carbons (Fsp3) is 0.463. The maximum atomic E-state index is 14.0. The lowest BCUT2D eigenvalue weighted by Gasteiger charge is -2.36. The number of rotatable bonds is 10. The molecule has 1 saturated carbocycles. The van der Waals surface area contributed by atoms with Crippen molar-refractivity contribution < 1.29 is 28.7 Å². The first-order valence-corrected chi connectivity index (χ1v) is 20.7. The number of alkyl carbamates (subject to hydrolysis) is 2. The second kappa shape index (κ2) is 16.1. The molecule has 302 valence electrons. The Bertz CT molecular complexity index is 2130. The average molecular weight is 817 g/mol. The van der Waals surface area contributed by atoms with Crippen molar-refractivity contribution in [2.24, 2.45) is 11.3 Å². The summed E-state index contributed by atoms with van der Waals surface area (Å²) in [5.41, 5.74) is 4.74. The summed E-state index contributed by atoms with van der Waals surface area (Å²) < 4.78 is 9.51. The number of carbonyl (C=O) groups excluding carboxylic acids is 4. The molecule has 3 fully saturated rings. The minimum Gasteiger partial charge on any atom is -0.453 e. The molecule has 16 heteroatoms. The van der Waals surface area contributed by atoms with Crippen LogP contribution in [-0.2, 0) is 19.1 Å². The second-order valence-electron chi connectivity index (χ2n) is 16.1. The average Bonchev–Trinajstić information content (AvgIpc) is 3.64. The first-order valence-electron chi connectivity index (χ1n) is 19.1. The Morgan fingerprint density at radius 1 is 0.842 bits per heavy atom. The van der Waals surface area contributed by atoms with Gasteiger partial charge in [-0.1, -0.05) is 80.9 Å². The third-order valence-corrected chi connectivity index (χ3v) is 12.6. The summed E-state index contributed by atoms with van der Waals surface area (Å²) in [5, 5.41) is 5.98. The number of likely N-dealkylation sites (tertiary alicyclic amines) is 2. The number of H-pyrrole nitrogens is 2. The summed E-state index contributed by atoms with van der Waals surface area (Å²) in [4.78, 5) is 71.3. The molecule has 0 radical (unpaired) electrons. The number of hydrogen-bond donors (Lipinski definition) is 4. The van der Waals surface area contributed by atoms with Gasteiger partial charge in [0, 0.05) is 23.4 Å². The molecule has 4 aromatic rings. The normalized spacial score (nSPS) is 22.4. The van der Waals surface area contributed by atoms with Crippen LogP contribution in [0.4, 0.5) is 9.59 Å². The van der Waals surface area contributed by atoms with Gasteiger partial charge in [-0.25, -0.2) is 19.6 Å². The van der Waals surface area contributed by atoms with E-state index < -0.39 is 29.7 Å². The van der Waals surface area contributed by atoms with E-state index in [0.29, 0.717) is 35.0 Å². The summed E-state index contributed by atoms with van der Waals surface area (Å²) in [7, 11) is 2.56. The van der Waals surface area contributed by atoms with Gasteiger partial charge in [-0.15, -0.1) is 0 Å². The molecule has 14 nitrogen and oxygen atoms in total. The molecule has 2 aliphatic heterocycles. The zero-order chi connectivity index (χ0) is 40.8. The number of imidazole rings is 2. The molecule has 4 amide bonds. The molecule has 1 aliphatic carbocycles. The van der Waals surface area contributed by atoms with Crippen molar-refractivity contribution in [2.45, 2.75) is 82.4 Å². The first-order chi connectivity index (χ1) is 27.2. The molecule has 7 atom stereocenters. The Hall–Kier alpha value is -5.02. The van der Waals surface area contributed by atoms with Gasteiger partial charge in [0.1, 0.15) is 34.6 Å². The van der Waals surface area contributed by atoms with Crippen LogP contribution in [0.25, 0.3) is 33.6 Å². The van der Waals surface area contributed by atoms with Crippen molar-refractivity contribution in [2.75, 3.05) is 27.0 Å². The molecule has 7 rings (SSSR count). The number of aromatic amines is 2.